The second-order valence-corrected chi connectivity index (χ2v) is 9.85. The summed E-state index contributed by atoms with van der Waals surface area (Å²) < 4.78 is 39.0. The fraction of sp³-hybridized carbons (Fsp3) is 0.412. The van der Waals surface area contributed by atoms with Gasteiger partial charge in [-0.15, -0.1) is 11.3 Å². The Hall–Kier alpha value is -1.55. The third-order valence-electron chi connectivity index (χ3n) is 4.26. The van der Waals surface area contributed by atoms with Crippen molar-refractivity contribution in [2.24, 2.45) is 0 Å². The Morgan fingerprint density at radius 1 is 1.22 bits per heavy atom. The van der Waals surface area contributed by atoms with Gasteiger partial charge in [0.2, 0.25) is 10.0 Å². The molecule has 0 spiro atoms. The van der Waals surface area contributed by atoms with E-state index < -0.39 is 10.0 Å². The van der Waals surface area contributed by atoms with Crippen molar-refractivity contribution in [1.82, 2.24) is 14.2 Å². The third kappa shape index (κ3) is 4.48. The van der Waals surface area contributed by atoms with E-state index in [1.165, 1.54) is 16.4 Å². The van der Waals surface area contributed by atoms with E-state index in [-0.39, 0.29) is 40.6 Å². The Balaban J connectivity index is 1.71. The molecular formula is C17H19ClFN3O3S2. The van der Waals surface area contributed by atoms with Gasteiger partial charge < -0.3 is 4.90 Å². The molecule has 0 unspecified atom stereocenters. The Morgan fingerprint density at radius 3 is 2.44 bits per heavy atom. The summed E-state index contributed by atoms with van der Waals surface area (Å²) in [6, 6.07) is 5.80. The predicted molar refractivity (Wildman–Crippen MR) is 104 cm³/mol. The van der Waals surface area contributed by atoms with E-state index >= 15 is 0 Å². The first kappa shape index (κ1) is 20.2. The summed E-state index contributed by atoms with van der Waals surface area (Å²) in [4.78, 5) is 18.6. The first-order chi connectivity index (χ1) is 12.8. The van der Waals surface area contributed by atoms with Crippen molar-refractivity contribution in [3.63, 3.8) is 0 Å². The van der Waals surface area contributed by atoms with Gasteiger partial charge in [0.05, 0.1) is 5.75 Å². The molecule has 1 aliphatic heterocycles. The highest BCUT2D eigenvalue weighted by Crippen LogP contribution is 2.32. The Morgan fingerprint density at radius 2 is 1.85 bits per heavy atom. The molecule has 1 saturated heterocycles. The maximum atomic E-state index is 13.1. The van der Waals surface area contributed by atoms with Gasteiger partial charge in [-0.2, -0.15) is 4.31 Å². The van der Waals surface area contributed by atoms with Crippen molar-refractivity contribution in [1.29, 1.82) is 0 Å². The van der Waals surface area contributed by atoms with Crippen LogP contribution in [0.3, 0.4) is 0 Å². The summed E-state index contributed by atoms with van der Waals surface area (Å²) in [6.45, 7) is 2.94. The maximum absolute atomic E-state index is 13.1. The molecule has 2 aromatic rings. The number of carbonyl (C=O) groups excluding carboxylic acids is 1. The van der Waals surface area contributed by atoms with E-state index in [4.69, 9.17) is 11.6 Å². The van der Waals surface area contributed by atoms with Crippen LogP contribution >= 0.6 is 22.9 Å². The van der Waals surface area contributed by atoms with E-state index in [2.05, 4.69) is 4.98 Å². The minimum absolute atomic E-state index is 0.111. The van der Waals surface area contributed by atoms with Gasteiger partial charge in [0, 0.05) is 31.7 Å². The standard InChI is InChI=1S/C17H19ClFN3O3S2/c1-2-11-27(24,25)22-9-7-21(8-10-22)17(23)14-15(18)26-16(20-14)12-3-5-13(19)6-4-12/h3-6H,2,7-11H2,1H3. The normalized spacial score (nSPS) is 15.9. The number of sulfonamides is 1. The zero-order chi connectivity index (χ0) is 19.6. The van der Waals surface area contributed by atoms with Crippen LogP contribution in [0.2, 0.25) is 4.34 Å². The molecule has 6 nitrogen and oxygen atoms in total. The van der Waals surface area contributed by atoms with Gasteiger partial charge >= 0.3 is 0 Å². The topological polar surface area (TPSA) is 70.6 Å². The molecule has 1 amide bonds. The molecule has 10 heteroatoms. The number of hydrogen-bond donors (Lipinski definition) is 0. The highest BCUT2D eigenvalue weighted by molar-refractivity contribution is 7.89. The zero-order valence-corrected chi connectivity index (χ0v) is 17.1. The van der Waals surface area contributed by atoms with Crippen LogP contribution in [-0.2, 0) is 10.0 Å². The summed E-state index contributed by atoms with van der Waals surface area (Å²) in [5.41, 5.74) is 0.823. The van der Waals surface area contributed by atoms with Crippen molar-refractivity contribution in [3.8, 4) is 10.6 Å². The van der Waals surface area contributed by atoms with Gasteiger partial charge in [0.25, 0.3) is 5.91 Å². The van der Waals surface area contributed by atoms with Gasteiger partial charge in [-0.05, 0) is 30.7 Å². The monoisotopic (exact) mass is 431 g/mol. The smallest absolute Gasteiger partial charge is 0.275 e. The lowest BCUT2D eigenvalue weighted by Crippen LogP contribution is -2.51. The Bertz CT molecular complexity index is 923. The summed E-state index contributed by atoms with van der Waals surface area (Å²) in [6.07, 6.45) is 0.558. The first-order valence-electron chi connectivity index (χ1n) is 8.51. The molecule has 146 valence electrons. The number of carbonyl (C=O) groups is 1. The average molecular weight is 432 g/mol. The van der Waals surface area contributed by atoms with Crippen LogP contribution in [0.25, 0.3) is 10.6 Å². The number of halogens is 2. The lowest BCUT2D eigenvalue weighted by molar-refractivity contribution is 0.0693. The molecule has 0 N–H and O–H groups in total. The molecule has 0 aliphatic carbocycles. The van der Waals surface area contributed by atoms with Crippen LogP contribution < -0.4 is 0 Å². The molecular weight excluding hydrogens is 413 g/mol. The number of amides is 1. The number of nitrogens with zero attached hydrogens (tertiary/aromatic N) is 3. The number of aromatic nitrogens is 1. The number of rotatable bonds is 5. The van der Waals surface area contributed by atoms with Gasteiger partial charge in [0.1, 0.15) is 15.2 Å². The maximum Gasteiger partial charge on any atom is 0.275 e. The number of benzene rings is 1. The number of piperazine rings is 1. The Labute approximate surface area is 166 Å². The highest BCUT2D eigenvalue weighted by Gasteiger charge is 2.30. The van der Waals surface area contributed by atoms with Crippen LogP contribution in [0.4, 0.5) is 4.39 Å². The molecule has 0 bridgehead atoms. The summed E-state index contributed by atoms with van der Waals surface area (Å²) >= 11 is 7.37. The molecule has 27 heavy (non-hydrogen) atoms. The van der Waals surface area contributed by atoms with E-state index in [1.54, 1.807) is 17.0 Å². The van der Waals surface area contributed by atoms with Gasteiger partial charge in [-0.25, -0.2) is 17.8 Å². The molecule has 1 aromatic heterocycles. The molecule has 0 atom stereocenters. The van der Waals surface area contributed by atoms with E-state index in [0.717, 1.165) is 11.3 Å². The van der Waals surface area contributed by atoms with Crippen LogP contribution in [0.5, 0.6) is 0 Å². The predicted octanol–water partition coefficient (Wildman–Crippen LogP) is 3.10. The fourth-order valence-electron chi connectivity index (χ4n) is 2.86. The molecule has 0 saturated carbocycles. The van der Waals surface area contributed by atoms with Crippen molar-refractivity contribution in [2.75, 3.05) is 31.9 Å². The fourth-order valence-corrected chi connectivity index (χ4v) is 5.48. The van der Waals surface area contributed by atoms with Crippen LogP contribution in [0, 0.1) is 5.82 Å². The summed E-state index contributed by atoms with van der Waals surface area (Å²) in [5.74, 6) is -0.564. The van der Waals surface area contributed by atoms with Crippen molar-refractivity contribution < 1.29 is 17.6 Å². The van der Waals surface area contributed by atoms with Crippen molar-refractivity contribution >= 4 is 38.9 Å². The highest BCUT2D eigenvalue weighted by atomic mass is 35.5. The average Bonchev–Trinajstić information content (AvgIpc) is 3.03. The van der Waals surface area contributed by atoms with Crippen molar-refractivity contribution in [2.45, 2.75) is 13.3 Å². The third-order valence-corrected chi connectivity index (χ3v) is 7.64. The quantitative estimate of drug-likeness (QED) is 0.729. The first-order valence-corrected chi connectivity index (χ1v) is 11.3. The molecule has 1 aromatic carbocycles. The zero-order valence-electron chi connectivity index (χ0n) is 14.7. The molecule has 2 heterocycles. The summed E-state index contributed by atoms with van der Waals surface area (Å²) in [5, 5.41) is 0.535. The van der Waals surface area contributed by atoms with Crippen molar-refractivity contribution in [3.05, 3.63) is 40.1 Å². The van der Waals surface area contributed by atoms with Gasteiger partial charge in [-0.3, -0.25) is 4.79 Å². The van der Waals surface area contributed by atoms with Gasteiger partial charge in [0.15, 0.2) is 5.69 Å². The molecule has 0 radical (unpaired) electrons. The lowest BCUT2D eigenvalue weighted by Gasteiger charge is -2.33. The van der Waals surface area contributed by atoms with Gasteiger partial charge in [-0.1, -0.05) is 18.5 Å². The van der Waals surface area contributed by atoms with E-state index in [1.807, 2.05) is 6.92 Å². The second-order valence-electron chi connectivity index (χ2n) is 6.16. The van der Waals surface area contributed by atoms with E-state index in [0.29, 0.717) is 30.1 Å². The van der Waals surface area contributed by atoms with Crippen LogP contribution in [0.1, 0.15) is 23.8 Å². The minimum Gasteiger partial charge on any atom is -0.335 e. The van der Waals surface area contributed by atoms with E-state index in [9.17, 15) is 17.6 Å². The number of thiazole rings is 1. The number of hydrogen-bond acceptors (Lipinski definition) is 5. The molecule has 1 fully saturated rings. The SMILES string of the molecule is CCCS(=O)(=O)N1CCN(C(=O)c2nc(-c3ccc(F)cc3)sc2Cl)CC1. The molecule has 1 aliphatic rings. The Kier molecular flexibility index (Phi) is 6.15. The largest absolute Gasteiger partial charge is 0.335 e. The lowest BCUT2D eigenvalue weighted by atomic mass is 10.2. The van der Waals surface area contributed by atoms with Crippen LogP contribution in [0.15, 0.2) is 24.3 Å². The van der Waals surface area contributed by atoms with Crippen LogP contribution in [-0.4, -0.2) is 60.4 Å². The second kappa shape index (κ2) is 8.22. The molecule has 3 rings (SSSR count). The minimum atomic E-state index is -3.27. The summed E-state index contributed by atoms with van der Waals surface area (Å²) in [7, 11) is -3.27.